The minimum Gasteiger partial charge on any atom is -0.364 e. The number of hydrogen-bond acceptors (Lipinski definition) is 3. The summed E-state index contributed by atoms with van der Waals surface area (Å²) in [6.45, 7) is 0. The van der Waals surface area contributed by atoms with Crippen LogP contribution < -0.4 is 5.73 Å². The van der Waals surface area contributed by atoms with E-state index in [4.69, 9.17) is 5.73 Å². The Morgan fingerprint density at radius 3 is 2.71 bits per heavy atom. The van der Waals surface area contributed by atoms with Crippen LogP contribution in [-0.4, -0.2) is 20.9 Å². The van der Waals surface area contributed by atoms with Gasteiger partial charge in [0.25, 0.3) is 5.91 Å². The number of nitrogens with zero attached hydrogens (tertiary/aromatic N) is 3. The third-order valence-corrected chi connectivity index (χ3v) is 2.71. The highest BCUT2D eigenvalue weighted by Gasteiger charge is 2.17. The van der Waals surface area contributed by atoms with E-state index in [-0.39, 0.29) is 5.69 Å². The van der Waals surface area contributed by atoms with E-state index in [1.807, 2.05) is 0 Å². The first-order chi connectivity index (χ1) is 6.77. The summed E-state index contributed by atoms with van der Waals surface area (Å²) in [6, 6.07) is 0.407. The fourth-order valence-electron chi connectivity index (χ4n) is 1.91. The van der Waals surface area contributed by atoms with Crippen LogP contribution in [0.5, 0.6) is 0 Å². The lowest BCUT2D eigenvalue weighted by Gasteiger charge is -2.20. The number of rotatable bonds is 2. The molecule has 76 valence electrons. The van der Waals surface area contributed by atoms with E-state index < -0.39 is 5.91 Å². The lowest BCUT2D eigenvalue weighted by molar-refractivity contribution is 0.0995. The quantitative estimate of drug-likeness (QED) is 0.759. The summed E-state index contributed by atoms with van der Waals surface area (Å²) in [7, 11) is 0. The molecule has 5 heteroatoms. The molecule has 1 amide bonds. The van der Waals surface area contributed by atoms with Crippen molar-refractivity contribution < 1.29 is 4.79 Å². The zero-order valence-electron chi connectivity index (χ0n) is 8.02. The van der Waals surface area contributed by atoms with E-state index in [9.17, 15) is 4.79 Å². The lowest BCUT2D eigenvalue weighted by Crippen LogP contribution is -2.14. The van der Waals surface area contributed by atoms with Crippen molar-refractivity contribution in [2.75, 3.05) is 0 Å². The van der Waals surface area contributed by atoms with Gasteiger partial charge in [0.15, 0.2) is 5.69 Å². The van der Waals surface area contributed by atoms with Crippen molar-refractivity contribution in [1.82, 2.24) is 15.0 Å². The van der Waals surface area contributed by atoms with E-state index >= 15 is 0 Å². The summed E-state index contributed by atoms with van der Waals surface area (Å²) in [6.07, 6.45) is 7.67. The predicted octanol–water partition coefficient (Wildman–Crippen LogP) is 0.882. The summed E-state index contributed by atoms with van der Waals surface area (Å²) < 4.78 is 1.78. The second kappa shape index (κ2) is 3.77. The zero-order chi connectivity index (χ0) is 9.97. The van der Waals surface area contributed by atoms with Crippen LogP contribution in [0.2, 0.25) is 0 Å². The molecule has 1 aliphatic carbocycles. The van der Waals surface area contributed by atoms with Gasteiger partial charge in [0.05, 0.1) is 12.2 Å². The molecule has 0 spiro atoms. The average Bonchev–Trinajstić information content (AvgIpc) is 2.68. The summed E-state index contributed by atoms with van der Waals surface area (Å²) in [5.74, 6) is -0.507. The number of carbonyl (C=O) groups excluding carboxylic acids is 1. The Kier molecular flexibility index (Phi) is 2.47. The molecule has 14 heavy (non-hydrogen) atoms. The molecule has 5 nitrogen and oxygen atoms in total. The van der Waals surface area contributed by atoms with Gasteiger partial charge in [0, 0.05) is 0 Å². The van der Waals surface area contributed by atoms with Gasteiger partial charge in [0.1, 0.15) is 0 Å². The smallest absolute Gasteiger partial charge is 0.270 e. The molecule has 0 aromatic carbocycles. The van der Waals surface area contributed by atoms with E-state index in [0.717, 1.165) is 12.8 Å². The van der Waals surface area contributed by atoms with Crippen molar-refractivity contribution in [2.45, 2.75) is 38.1 Å². The molecule has 0 bridgehead atoms. The average molecular weight is 194 g/mol. The fourth-order valence-corrected chi connectivity index (χ4v) is 1.91. The highest BCUT2D eigenvalue weighted by atomic mass is 16.1. The van der Waals surface area contributed by atoms with Crippen molar-refractivity contribution in [2.24, 2.45) is 5.73 Å². The van der Waals surface area contributed by atoms with Gasteiger partial charge in [-0.15, -0.1) is 5.10 Å². The molecule has 0 unspecified atom stereocenters. The normalized spacial score (nSPS) is 18.3. The molecule has 1 aromatic rings. The highest BCUT2D eigenvalue weighted by Crippen LogP contribution is 2.26. The molecule has 0 atom stereocenters. The molecule has 1 heterocycles. The van der Waals surface area contributed by atoms with Crippen LogP contribution >= 0.6 is 0 Å². The van der Waals surface area contributed by atoms with Crippen LogP contribution in [0.3, 0.4) is 0 Å². The largest absolute Gasteiger partial charge is 0.364 e. The molecule has 1 aromatic heterocycles. The number of primary amides is 1. The van der Waals surface area contributed by atoms with Crippen LogP contribution in [0.25, 0.3) is 0 Å². The fraction of sp³-hybridized carbons (Fsp3) is 0.667. The maximum Gasteiger partial charge on any atom is 0.270 e. The SMILES string of the molecule is NC(=O)c1cn(C2CCCCC2)nn1. The molecule has 2 N–H and O–H groups in total. The van der Waals surface area contributed by atoms with Crippen molar-refractivity contribution in [3.8, 4) is 0 Å². The van der Waals surface area contributed by atoms with E-state index in [1.165, 1.54) is 19.3 Å². The monoisotopic (exact) mass is 194 g/mol. The Hall–Kier alpha value is -1.39. The van der Waals surface area contributed by atoms with Gasteiger partial charge in [0.2, 0.25) is 0 Å². The van der Waals surface area contributed by atoms with Gasteiger partial charge < -0.3 is 5.73 Å². The molecule has 0 radical (unpaired) electrons. The van der Waals surface area contributed by atoms with Gasteiger partial charge in [-0.25, -0.2) is 4.68 Å². The van der Waals surface area contributed by atoms with E-state index in [1.54, 1.807) is 10.9 Å². The Morgan fingerprint density at radius 1 is 1.43 bits per heavy atom. The number of aromatic nitrogens is 3. The van der Waals surface area contributed by atoms with Gasteiger partial charge >= 0.3 is 0 Å². The van der Waals surface area contributed by atoms with Gasteiger partial charge in [-0.05, 0) is 12.8 Å². The molecule has 0 saturated heterocycles. The number of nitrogens with two attached hydrogens (primary N) is 1. The number of amides is 1. The zero-order valence-corrected chi connectivity index (χ0v) is 8.02. The maximum absolute atomic E-state index is 10.8. The molecule has 0 aliphatic heterocycles. The standard InChI is InChI=1S/C9H14N4O/c10-9(14)8-6-13(12-11-8)7-4-2-1-3-5-7/h6-7H,1-5H2,(H2,10,14). The van der Waals surface area contributed by atoms with Crippen molar-refractivity contribution >= 4 is 5.91 Å². The van der Waals surface area contributed by atoms with Crippen LogP contribution in [0.1, 0.15) is 48.6 Å². The third kappa shape index (κ3) is 1.76. The van der Waals surface area contributed by atoms with Crippen LogP contribution in [0.4, 0.5) is 0 Å². The first-order valence-corrected chi connectivity index (χ1v) is 4.99. The molecule has 1 saturated carbocycles. The van der Waals surface area contributed by atoms with Gasteiger partial charge in [-0.3, -0.25) is 4.79 Å². The predicted molar refractivity (Wildman–Crippen MR) is 50.7 cm³/mol. The summed E-state index contributed by atoms with van der Waals surface area (Å²) in [5.41, 5.74) is 5.36. The van der Waals surface area contributed by atoms with E-state index in [2.05, 4.69) is 10.3 Å². The number of carbonyl (C=O) groups is 1. The molecular weight excluding hydrogens is 180 g/mol. The molecular formula is C9H14N4O. The van der Waals surface area contributed by atoms with Gasteiger partial charge in [-0.1, -0.05) is 24.5 Å². The third-order valence-electron chi connectivity index (χ3n) is 2.71. The van der Waals surface area contributed by atoms with Crippen LogP contribution in [0, 0.1) is 0 Å². The van der Waals surface area contributed by atoms with Crippen molar-refractivity contribution in [1.29, 1.82) is 0 Å². The Labute approximate surface area is 82.3 Å². The van der Waals surface area contributed by atoms with E-state index in [0.29, 0.717) is 6.04 Å². The van der Waals surface area contributed by atoms with Crippen molar-refractivity contribution in [3.63, 3.8) is 0 Å². The molecule has 1 fully saturated rings. The van der Waals surface area contributed by atoms with Crippen molar-refractivity contribution in [3.05, 3.63) is 11.9 Å². The molecule has 2 rings (SSSR count). The topological polar surface area (TPSA) is 73.8 Å². The Bertz CT molecular complexity index is 327. The minimum atomic E-state index is -0.507. The second-order valence-corrected chi connectivity index (χ2v) is 3.74. The minimum absolute atomic E-state index is 0.260. The summed E-state index contributed by atoms with van der Waals surface area (Å²) in [4.78, 5) is 10.8. The Morgan fingerprint density at radius 2 is 2.14 bits per heavy atom. The molecule has 1 aliphatic rings. The van der Waals surface area contributed by atoms with Crippen LogP contribution in [-0.2, 0) is 0 Å². The Balaban J connectivity index is 2.11. The summed E-state index contributed by atoms with van der Waals surface area (Å²) >= 11 is 0. The van der Waals surface area contributed by atoms with Gasteiger partial charge in [-0.2, -0.15) is 0 Å². The first-order valence-electron chi connectivity index (χ1n) is 4.99. The summed E-state index contributed by atoms with van der Waals surface area (Å²) in [5, 5.41) is 7.66. The lowest BCUT2D eigenvalue weighted by atomic mass is 9.96. The first kappa shape index (κ1) is 9.18. The van der Waals surface area contributed by atoms with Crippen LogP contribution in [0.15, 0.2) is 6.20 Å². The second-order valence-electron chi connectivity index (χ2n) is 3.74. The maximum atomic E-state index is 10.8. The number of hydrogen-bond donors (Lipinski definition) is 1. The highest BCUT2D eigenvalue weighted by molar-refractivity contribution is 5.90.